The van der Waals surface area contributed by atoms with E-state index in [-0.39, 0.29) is 5.60 Å². The van der Waals surface area contributed by atoms with Crippen molar-refractivity contribution in [3.63, 3.8) is 0 Å². The standard InChI is InChI=1S/C10H19NO/c1-9(2)6-10(8-12-9)4-3-5-11-7-10/h11H,3-8H2,1-2H3. The van der Waals surface area contributed by atoms with Gasteiger partial charge in [0.15, 0.2) is 0 Å². The van der Waals surface area contributed by atoms with E-state index >= 15 is 0 Å². The van der Waals surface area contributed by atoms with Crippen molar-refractivity contribution < 1.29 is 4.74 Å². The Morgan fingerprint density at radius 1 is 1.33 bits per heavy atom. The van der Waals surface area contributed by atoms with Gasteiger partial charge in [-0.25, -0.2) is 0 Å². The van der Waals surface area contributed by atoms with Crippen LogP contribution in [0.5, 0.6) is 0 Å². The molecule has 2 saturated heterocycles. The third-order valence-corrected chi connectivity index (χ3v) is 3.13. The molecule has 0 aromatic rings. The fraction of sp³-hybridized carbons (Fsp3) is 1.00. The summed E-state index contributed by atoms with van der Waals surface area (Å²) in [4.78, 5) is 0. The summed E-state index contributed by atoms with van der Waals surface area (Å²) in [6.45, 7) is 7.73. The lowest BCUT2D eigenvalue weighted by Crippen LogP contribution is -2.40. The first-order valence-electron chi connectivity index (χ1n) is 4.97. The summed E-state index contributed by atoms with van der Waals surface area (Å²) in [6.07, 6.45) is 3.90. The van der Waals surface area contributed by atoms with Gasteiger partial charge in [0.2, 0.25) is 0 Å². The normalized spacial score (nSPS) is 40.5. The van der Waals surface area contributed by atoms with Crippen molar-refractivity contribution in [1.82, 2.24) is 5.32 Å². The summed E-state index contributed by atoms with van der Waals surface area (Å²) in [5.41, 5.74) is 0.598. The molecular weight excluding hydrogens is 150 g/mol. The first-order valence-corrected chi connectivity index (χ1v) is 4.97. The quantitative estimate of drug-likeness (QED) is 0.594. The minimum absolute atomic E-state index is 0.124. The van der Waals surface area contributed by atoms with E-state index in [4.69, 9.17) is 4.74 Å². The molecule has 1 unspecified atom stereocenters. The zero-order valence-electron chi connectivity index (χ0n) is 8.15. The van der Waals surface area contributed by atoms with Crippen LogP contribution in [0.2, 0.25) is 0 Å². The Kier molecular flexibility index (Phi) is 1.92. The molecule has 2 rings (SSSR count). The second-order valence-corrected chi connectivity index (χ2v) is 5.01. The highest BCUT2D eigenvalue weighted by Gasteiger charge is 2.44. The highest BCUT2D eigenvalue weighted by atomic mass is 16.5. The summed E-state index contributed by atoms with van der Waals surface area (Å²) >= 11 is 0. The van der Waals surface area contributed by atoms with E-state index in [0.717, 1.165) is 13.2 Å². The van der Waals surface area contributed by atoms with Crippen molar-refractivity contribution in [2.75, 3.05) is 19.7 Å². The van der Waals surface area contributed by atoms with Crippen LogP contribution in [0.4, 0.5) is 0 Å². The Morgan fingerprint density at radius 2 is 2.17 bits per heavy atom. The molecule has 2 nitrogen and oxygen atoms in total. The molecule has 0 aromatic carbocycles. The lowest BCUT2D eigenvalue weighted by molar-refractivity contribution is 0.0296. The molecule has 2 aliphatic heterocycles. The lowest BCUT2D eigenvalue weighted by Gasteiger charge is -2.33. The zero-order chi connectivity index (χ0) is 8.66. The molecule has 2 fully saturated rings. The Labute approximate surface area is 74.7 Å². The molecule has 1 N–H and O–H groups in total. The van der Waals surface area contributed by atoms with Gasteiger partial charge in [0, 0.05) is 12.0 Å². The molecule has 2 heterocycles. The molecule has 2 heteroatoms. The average molecular weight is 169 g/mol. The van der Waals surface area contributed by atoms with E-state index in [2.05, 4.69) is 19.2 Å². The average Bonchev–Trinajstić information content (AvgIpc) is 2.29. The van der Waals surface area contributed by atoms with Gasteiger partial charge in [-0.2, -0.15) is 0 Å². The molecule has 12 heavy (non-hydrogen) atoms. The minimum Gasteiger partial charge on any atom is -0.375 e. The molecule has 0 aromatic heterocycles. The fourth-order valence-corrected chi connectivity index (χ4v) is 2.66. The van der Waals surface area contributed by atoms with E-state index in [0.29, 0.717) is 5.41 Å². The number of hydrogen-bond donors (Lipinski definition) is 1. The number of nitrogens with one attached hydrogen (secondary N) is 1. The summed E-state index contributed by atoms with van der Waals surface area (Å²) in [6, 6.07) is 0. The minimum atomic E-state index is 0.124. The number of rotatable bonds is 0. The number of hydrogen-bond acceptors (Lipinski definition) is 2. The molecule has 2 aliphatic rings. The van der Waals surface area contributed by atoms with E-state index in [9.17, 15) is 0 Å². The molecule has 70 valence electrons. The van der Waals surface area contributed by atoms with Crippen LogP contribution in [-0.4, -0.2) is 25.3 Å². The van der Waals surface area contributed by atoms with E-state index in [1.165, 1.54) is 25.8 Å². The predicted molar refractivity (Wildman–Crippen MR) is 49.2 cm³/mol. The Balaban J connectivity index is 2.03. The largest absolute Gasteiger partial charge is 0.375 e. The van der Waals surface area contributed by atoms with Crippen LogP contribution in [0.15, 0.2) is 0 Å². The maximum atomic E-state index is 5.79. The van der Waals surface area contributed by atoms with Crippen LogP contribution in [0.25, 0.3) is 0 Å². The van der Waals surface area contributed by atoms with Gasteiger partial charge < -0.3 is 10.1 Å². The topological polar surface area (TPSA) is 21.3 Å². The molecule has 0 amide bonds. The number of ether oxygens (including phenoxy) is 1. The van der Waals surface area contributed by atoms with Crippen LogP contribution in [0, 0.1) is 5.41 Å². The van der Waals surface area contributed by atoms with Gasteiger partial charge >= 0.3 is 0 Å². The summed E-state index contributed by atoms with van der Waals surface area (Å²) in [5.74, 6) is 0. The van der Waals surface area contributed by atoms with Crippen molar-refractivity contribution in [2.45, 2.75) is 38.7 Å². The fourth-order valence-electron chi connectivity index (χ4n) is 2.66. The van der Waals surface area contributed by atoms with Gasteiger partial charge in [-0.15, -0.1) is 0 Å². The van der Waals surface area contributed by atoms with Crippen molar-refractivity contribution in [2.24, 2.45) is 5.41 Å². The van der Waals surface area contributed by atoms with Crippen molar-refractivity contribution in [1.29, 1.82) is 0 Å². The predicted octanol–water partition coefficient (Wildman–Crippen LogP) is 1.56. The van der Waals surface area contributed by atoms with Gasteiger partial charge in [0.05, 0.1) is 12.2 Å². The monoisotopic (exact) mass is 169 g/mol. The van der Waals surface area contributed by atoms with Gasteiger partial charge in [-0.1, -0.05) is 0 Å². The van der Waals surface area contributed by atoms with Gasteiger partial charge in [0.25, 0.3) is 0 Å². The van der Waals surface area contributed by atoms with Crippen LogP contribution >= 0.6 is 0 Å². The zero-order valence-corrected chi connectivity index (χ0v) is 8.15. The molecule has 0 aliphatic carbocycles. The van der Waals surface area contributed by atoms with E-state index < -0.39 is 0 Å². The third kappa shape index (κ3) is 1.50. The maximum Gasteiger partial charge on any atom is 0.0633 e. The molecule has 0 saturated carbocycles. The second kappa shape index (κ2) is 2.71. The highest BCUT2D eigenvalue weighted by molar-refractivity contribution is 4.95. The van der Waals surface area contributed by atoms with Crippen molar-refractivity contribution >= 4 is 0 Å². The number of piperidine rings is 1. The smallest absolute Gasteiger partial charge is 0.0633 e. The first kappa shape index (κ1) is 8.52. The third-order valence-electron chi connectivity index (χ3n) is 3.13. The SMILES string of the molecule is CC1(C)CC2(CCCNC2)CO1. The van der Waals surface area contributed by atoms with Crippen LogP contribution in [0.3, 0.4) is 0 Å². The van der Waals surface area contributed by atoms with Crippen molar-refractivity contribution in [3.05, 3.63) is 0 Å². The lowest BCUT2D eigenvalue weighted by atomic mass is 9.76. The summed E-state index contributed by atoms with van der Waals surface area (Å²) in [7, 11) is 0. The molecular formula is C10H19NO. The molecule has 0 radical (unpaired) electrons. The van der Waals surface area contributed by atoms with Gasteiger partial charge in [0.1, 0.15) is 0 Å². The Bertz CT molecular complexity index is 171. The summed E-state index contributed by atoms with van der Waals surface area (Å²) < 4.78 is 5.79. The second-order valence-electron chi connectivity index (χ2n) is 5.01. The molecule has 1 spiro atoms. The first-order chi connectivity index (χ1) is 5.62. The molecule has 1 atom stereocenters. The maximum absolute atomic E-state index is 5.79. The Morgan fingerprint density at radius 3 is 2.67 bits per heavy atom. The van der Waals surface area contributed by atoms with Crippen LogP contribution in [-0.2, 0) is 4.74 Å². The van der Waals surface area contributed by atoms with Gasteiger partial charge in [-0.05, 0) is 39.7 Å². The molecule has 0 bridgehead atoms. The van der Waals surface area contributed by atoms with E-state index in [1.54, 1.807) is 0 Å². The van der Waals surface area contributed by atoms with Crippen LogP contribution in [0.1, 0.15) is 33.1 Å². The highest BCUT2D eigenvalue weighted by Crippen LogP contribution is 2.42. The summed E-state index contributed by atoms with van der Waals surface area (Å²) in [5, 5.41) is 3.48. The Hall–Kier alpha value is -0.0800. The van der Waals surface area contributed by atoms with Crippen molar-refractivity contribution in [3.8, 4) is 0 Å². The van der Waals surface area contributed by atoms with Gasteiger partial charge in [-0.3, -0.25) is 0 Å². The van der Waals surface area contributed by atoms with E-state index in [1.807, 2.05) is 0 Å². The van der Waals surface area contributed by atoms with Crippen LogP contribution < -0.4 is 5.32 Å².